The molecular weight excluding hydrogens is 282 g/mol. The third kappa shape index (κ3) is 5.20. The van der Waals surface area contributed by atoms with Crippen molar-refractivity contribution in [2.24, 2.45) is 0 Å². The number of aryl methyl sites for hydroxylation is 2. The van der Waals surface area contributed by atoms with Crippen LogP contribution in [0.5, 0.6) is 0 Å². The van der Waals surface area contributed by atoms with Crippen molar-refractivity contribution in [3.63, 3.8) is 0 Å². The highest BCUT2D eigenvalue weighted by atomic mass is 32.2. The van der Waals surface area contributed by atoms with Crippen LogP contribution in [0, 0.1) is 6.92 Å². The Morgan fingerprint density at radius 3 is 2.85 bits per heavy atom. The first-order chi connectivity index (χ1) is 9.51. The van der Waals surface area contributed by atoms with E-state index in [1.54, 1.807) is 13.1 Å². The van der Waals surface area contributed by atoms with Gasteiger partial charge in [-0.3, -0.25) is 0 Å². The minimum atomic E-state index is -3.56. The Morgan fingerprint density at radius 2 is 2.20 bits per heavy atom. The van der Waals surface area contributed by atoms with Crippen LogP contribution < -0.4 is 4.72 Å². The highest BCUT2D eigenvalue weighted by molar-refractivity contribution is 7.89. The van der Waals surface area contributed by atoms with Crippen LogP contribution in [0.2, 0.25) is 0 Å². The van der Waals surface area contributed by atoms with Crippen molar-refractivity contribution in [3.8, 4) is 0 Å². The Kier molecular flexibility index (Phi) is 7.14. The molecule has 7 nitrogen and oxygen atoms in total. The number of aliphatic hydroxyl groups excluding tert-OH is 1. The first-order valence-electron chi connectivity index (χ1n) is 6.73. The third-order valence-electron chi connectivity index (χ3n) is 2.69. The lowest BCUT2D eigenvalue weighted by molar-refractivity contribution is 0.0913. The van der Waals surface area contributed by atoms with Crippen molar-refractivity contribution in [2.75, 3.05) is 26.4 Å². The van der Waals surface area contributed by atoms with Crippen LogP contribution in [0.15, 0.2) is 11.2 Å². The second kappa shape index (κ2) is 8.35. The summed E-state index contributed by atoms with van der Waals surface area (Å²) in [5.41, 5.74) is 0. The molecule has 0 radical (unpaired) electrons. The molecule has 0 amide bonds. The average molecular weight is 305 g/mol. The van der Waals surface area contributed by atoms with Gasteiger partial charge in [0.15, 0.2) is 5.03 Å². The van der Waals surface area contributed by atoms with Gasteiger partial charge in [-0.1, -0.05) is 6.92 Å². The van der Waals surface area contributed by atoms with Crippen molar-refractivity contribution in [1.82, 2.24) is 14.3 Å². The Bertz CT molecular complexity index is 499. The Balaban J connectivity index is 2.49. The fourth-order valence-electron chi connectivity index (χ4n) is 1.70. The zero-order valence-corrected chi connectivity index (χ0v) is 12.8. The van der Waals surface area contributed by atoms with E-state index in [1.165, 1.54) is 0 Å². The number of sulfonamides is 1. The molecule has 0 spiro atoms. The molecule has 1 aromatic rings. The van der Waals surface area contributed by atoms with Gasteiger partial charge >= 0.3 is 0 Å². The number of hydrogen-bond donors (Lipinski definition) is 2. The topological polar surface area (TPSA) is 93.5 Å². The summed E-state index contributed by atoms with van der Waals surface area (Å²) in [6, 6.07) is 0. The number of hydrogen-bond acceptors (Lipinski definition) is 5. The quantitative estimate of drug-likeness (QED) is 0.606. The molecule has 0 saturated heterocycles. The fourth-order valence-corrected chi connectivity index (χ4v) is 2.78. The van der Waals surface area contributed by atoms with Crippen molar-refractivity contribution in [3.05, 3.63) is 12.0 Å². The van der Waals surface area contributed by atoms with Crippen molar-refractivity contribution in [2.45, 2.75) is 38.3 Å². The maximum Gasteiger partial charge on any atom is 0.259 e. The zero-order valence-electron chi connectivity index (χ0n) is 12.0. The van der Waals surface area contributed by atoms with Crippen LogP contribution >= 0.6 is 0 Å². The minimum absolute atomic E-state index is 0.0279. The molecule has 0 unspecified atom stereocenters. The molecule has 0 aliphatic rings. The van der Waals surface area contributed by atoms with Gasteiger partial charge in [0.05, 0.1) is 13.2 Å². The number of nitrogens with one attached hydrogen (secondary N) is 1. The molecular formula is C12H23N3O4S. The van der Waals surface area contributed by atoms with Gasteiger partial charge in [0.2, 0.25) is 0 Å². The molecule has 0 aliphatic heterocycles. The van der Waals surface area contributed by atoms with Crippen LogP contribution in [0.3, 0.4) is 0 Å². The Morgan fingerprint density at radius 1 is 1.45 bits per heavy atom. The van der Waals surface area contributed by atoms with E-state index in [0.717, 1.165) is 13.0 Å². The monoisotopic (exact) mass is 305 g/mol. The zero-order chi connectivity index (χ0) is 15.0. The van der Waals surface area contributed by atoms with Crippen LogP contribution in [-0.4, -0.2) is 49.4 Å². The number of aromatic nitrogens is 2. The van der Waals surface area contributed by atoms with E-state index < -0.39 is 10.0 Å². The summed E-state index contributed by atoms with van der Waals surface area (Å²) in [5, 5.41) is 8.58. The maximum absolute atomic E-state index is 12.0. The maximum atomic E-state index is 12.0. The first kappa shape index (κ1) is 17.1. The van der Waals surface area contributed by atoms with Crippen molar-refractivity contribution in [1.29, 1.82) is 0 Å². The van der Waals surface area contributed by atoms with Gasteiger partial charge in [0.25, 0.3) is 10.0 Å². The van der Waals surface area contributed by atoms with E-state index >= 15 is 0 Å². The number of rotatable bonds is 10. The van der Waals surface area contributed by atoms with Gasteiger partial charge in [-0.15, -0.1) is 0 Å². The number of ether oxygens (including phenoxy) is 1. The highest BCUT2D eigenvalue weighted by Gasteiger charge is 2.18. The highest BCUT2D eigenvalue weighted by Crippen LogP contribution is 2.09. The largest absolute Gasteiger partial charge is 0.394 e. The predicted molar refractivity (Wildman–Crippen MR) is 75.0 cm³/mol. The molecule has 1 rings (SSSR count). The van der Waals surface area contributed by atoms with E-state index in [-0.39, 0.29) is 24.8 Å². The summed E-state index contributed by atoms with van der Waals surface area (Å²) in [4.78, 5) is 4.08. The van der Waals surface area contributed by atoms with Crippen LogP contribution in [-0.2, 0) is 21.3 Å². The van der Waals surface area contributed by atoms with Gasteiger partial charge in [-0.2, -0.15) is 0 Å². The van der Waals surface area contributed by atoms with Gasteiger partial charge in [0.1, 0.15) is 5.82 Å². The fraction of sp³-hybridized carbons (Fsp3) is 0.750. The lowest BCUT2D eigenvalue weighted by Gasteiger charge is -2.04. The summed E-state index contributed by atoms with van der Waals surface area (Å²) >= 11 is 0. The number of nitrogens with zero attached hydrogens (tertiary/aromatic N) is 2. The number of imidazole rings is 1. The van der Waals surface area contributed by atoms with Gasteiger partial charge in [-0.05, 0) is 19.8 Å². The molecule has 0 aromatic carbocycles. The Labute approximate surface area is 120 Å². The molecule has 0 saturated carbocycles. The van der Waals surface area contributed by atoms with Crippen LogP contribution in [0.25, 0.3) is 0 Å². The summed E-state index contributed by atoms with van der Waals surface area (Å²) in [6.07, 6.45) is 3.03. The molecule has 0 fully saturated rings. The van der Waals surface area contributed by atoms with Crippen LogP contribution in [0.1, 0.15) is 25.6 Å². The van der Waals surface area contributed by atoms with Crippen molar-refractivity contribution < 1.29 is 18.3 Å². The summed E-state index contributed by atoms with van der Waals surface area (Å²) in [5.74, 6) is 0.693. The standard InChI is InChI=1S/C12H23N3O4S/c1-3-6-15-10-12(14-11(15)2)20(17,18)13-5-4-8-19-9-7-16/h10,13,16H,3-9H2,1-2H3. The number of aliphatic hydroxyl groups is 1. The third-order valence-corrected chi connectivity index (χ3v) is 4.02. The molecule has 116 valence electrons. The summed E-state index contributed by atoms with van der Waals surface area (Å²) in [7, 11) is -3.56. The average Bonchev–Trinajstić information content (AvgIpc) is 2.77. The molecule has 0 bridgehead atoms. The Hall–Kier alpha value is -0.960. The van der Waals surface area contributed by atoms with Gasteiger partial charge < -0.3 is 14.4 Å². The molecule has 0 atom stereocenters. The van der Waals surface area contributed by atoms with E-state index in [2.05, 4.69) is 9.71 Å². The van der Waals surface area contributed by atoms with E-state index in [1.807, 2.05) is 11.5 Å². The SMILES string of the molecule is CCCn1cc(S(=O)(=O)NCCCOCCO)nc1C. The summed E-state index contributed by atoms with van der Waals surface area (Å²) < 4.78 is 33.4. The van der Waals surface area contributed by atoms with Gasteiger partial charge in [0, 0.05) is 25.9 Å². The normalized spacial score (nSPS) is 11.9. The molecule has 1 aromatic heterocycles. The van der Waals surface area contributed by atoms with E-state index in [0.29, 0.717) is 18.9 Å². The predicted octanol–water partition coefficient (Wildman–Crippen LogP) is 0.279. The molecule has 20 heavy (non-hydrogen) atoms. The molecule has 8 heteroatoms. The summed E-state index contributed by atoms with van der Waals surface area (Å²) in [6.45, 7) is 5.51. The van der Waals surface area contributed by atoms with Gasteiger partial charge in [-0.25, -0.2) is 18.1 Å². The van der Waals surface area contributed by atoms with E-state index in [4.69, 9.17) is 9.84 Å². The van der Waals surface area contributed by atoms with Crippen molar-refractivity contribution >= 4 is 10.0 Å². The van der Waals surface area contributed by atoms with E-state index in [9.17, 15) is 8.42 Å². The molecule has 1 heterocycles. The lowest BCUT2D eigenvalue weighted by Crippen LogP contribution is -2.26. The second-order valence-electron chi connectivity index (χ2n) is 4.41. The molecule has 2 N–H and O–H groups in total. The van der Waals surface area contributed by atoms with Crippen LogP contribution in [0.4, 0.5) is 0 Å². The molecule has 0 aliphatic carbocycles. The smallest absolute Gasteiger partial charge is 0.259 e. The lowest BCUT2D eigenvalue weighted by atomic mass is 10.5. The first-order valence-corrected chi connectivity index (χ1v) is 8.21. The second-order valence-corrected chi connectivity index (χ2v) is 6.12. The minimum Gasteiger partial charge on any atom is -0.394 e.